The predicted octanol–water partition coefficient (Wildman–Crippen LogP) is 7.69. The third-order valence-corrected chi connectivity index (χ3v) is 18.1. The second-order valence-corrected chi connectivity index (χ2v) is 21.8. The second-order valence-electron chi connectivity index (χ2n) is 19.6. The monoisotopic (exact) mass is 850 g/mol. The minimum Gasteiger partial charge on any atom is -0.481 e. The van der Waals surface area contributed by atoms with Crippen LogP contribution in [0.5, 0.6) is 0 Å². The summed E-state index contributed by atoms with van der Waals surface area (Å²) in [6, 6.07) is 2.17. The van der Waals surface area contributed by atoms with E-state index in [1.807, 2.05) is 0 Å². The largest absolute Gasteiger partial charge is 0.481 e. The predicted molar refractivity (Wildman–Crippen MR) is 217 cm³/mol. The van der Waals surface area contributed by atoms with Crippen molar-refractivity contribution in [2.75, 3.05) is 19.8 Å². The van der Waals surface area contributed by atoms with Gasteiger partial charge in [0, 0.05) is 24.3 Å². The summed E-state index contributed by atoms with van der Waals surface area (Å²) in [6.45, 7) is 17.6. The number of carboxylic acids is 1. The fourth-order valence-electron chi connectivity index (χ4n) is 12.9. The summed E-state index contributed by atoms with van der Waals surface area (Å²) in [6.07, 6.45) is 6.30. The van der Waals surface area contributed by atoms with E-state index in [9.17, 15) is 32.3 Å². The van der Waals surface area contributed by atoms with E-state index in [2.05, 4.69) is 59.3 Å². The Morgan fingerprint density at radius 1 is 1.05 bits per heavy atom. The summed E-state index contributed by atoms with van der Waals surface area (Å²) in [5, 5.41) is 10.7. The highest BCUT2D eigenvalue weighted by atomic mass is 35.5. The lowest BCUT2D eigenvalue weighted by Crippen LogP contribution is -2.70. The number of aliphatic carboxylic acids is 1. The molecular formula is C44H64ClFN2O9S. The average Bonchev–Trinajstić information content (AvgIpc) is 3.13. The number of halogens is 2. The van der Waals surface area contributed by atoms with Crippen LogP contribution in [0.1, 0.15) is 113 Å². The molecular weight excluding hydrogens is 787 g/mol. The topological polar surface area (TPSA) is 171 Å². The fourth-order valence-corrected chi connectivity index (χ4v) is 14.2. The first-order valence-corrected chi connectivity index (χ1v) is 22.9. The lowest BCUT2D eigenvalue weighted by molar-refractivity contribution is -0.263. The van der Waals surface area contributed by atoms with Gasteiger partial charge in [-0.25, -0.2) is 17.5 Å². The van der Waals surface area contributed by atoms with E-state index in [1.54, 1.807) is 0 Å². The number of carbonyl (C=O) groups is 3. The Kier molecular flexibility index (Phi) is 12.4. The van der Waals surface area contributed by atoms with Gasteiger partial charge >= 0.3 is 17.9 Å². The maximum absolute atomic E-state index is 13.7. The van der Waals surface area contributed by atoms with E-state index in [0.29, 0.717) is 44.8 Å². The van der Waals surface area contributed by atoms with E-state index in [0.717, 1.165) is 43.9 Å². The van der Waals surface area contributed by atoms with Crippen molar-refractivity contribution in [2.45, 2.75) is 136 Å². The second kappa shape index (κ2) is 16.0. The van der Waals surface area contributed by atoms with Gasteiger partial charge in [0.15, 0.2) is 0 Å². The molecule has 1 heterocycles. The van der Waals surface area contributed by atoms with Crippen LogP contribution >= 0.6 is 11.6 Å². The van der Waals surface area contributed by atoms with Gasteiger partial charge in [-0.2, -0.15) is 0 Å². The maximum atomic E-state index is 13.7. The first kappa shape index (κ1) is 45.0. The molecule has 14 heteroatoms. The van der Waals surface area contributed by atoms with E-state index >= 15 is 0 Å². The van der Waals surface area contributed by atoms with Gasteiger partial charge in [-0.05, 0) is 109 Å². The van der Waals surface area contributed by atoms with Crippen molar-refractivity contribution < 1.29 is 46.5 Å². The smallest absolute Gasteiger partial charge is 0.323 e. The Bertz CT molecular complexity index is 1930. The van der Waals surface area contributed by atoms with Crippen LogP contribution in [0.4, 0.5) is 4.39 Å². The number of carboxylic acid groups (broad SMARTS) is 1. The van der Waals surface area contributed by atoms with E-state index in [4.69, 9.17) is 31.5 Å². The number of hydrogen-bond donors (Lipinski definition) is 3. The minimum atomic E-state index is -3.92. The molecule has 3 saturated carbocycles. The van der Waals surface area contributed by atoms with Gasteiger partial charge in [0.1, 0.15) is 24.1 Å². The Morgan fingerprint density at radius 2 is 1.76 bits per heavy atom. The molecule has 0 spiro atoms. The van der Waals surface area contributed by atoms with Crippen LogP contribution in [0.15, 0.2) is 34.7 Å². The molecule has 1 saturated heterocycles. The summed E-state index contributed by atoms with van der Waals surface area (Å²) >= 11 is 5.76. The van der Waals surface area contributed by atoms with Crippen molar-refractivity contribution in [3.63, 3.8) is 0 Å². The number of sulfonamides is 1. The lowest BCUT2D eigenvalue weighted by atomic mass is 9.34. The molecule has 4 aliphatic carbocycles. The number of hydrogen-bond acceptors (Lipinski definition) is 9. The van der Waals surface area contributed by atoms with Gasteiger partial charge in [0.05, 0.1) is 29.0 Å². The zero-order chi connectivity index (χ0) is 42.8. The van der Waals surface area contributed by atoms with E-state index < -0.39 is 74.2 Å². The van der Waals surface area contributed by atoms with Crippen LogP contribution < -0.4 is 10.5 Å². The van der Waals surface area contributed by atoms with Crippen molar-refractivity contribution in [1.29, 1.82) is 0 Å². The van der Waals surface area contributed by atoms with Crippen LogP contribution in [0.2, 0.25) is 5.02 Å². The Morgan fingerprint density at radius 3 is 2.40 bits per heavy atom. The van der Waals surface area contributed by atoms with Crippen molar-refractivity contribution in [2.24, 2.45) is 62.4 Å². The molecule has 1 aromatic carbocycles. The highest BCUT2D eigenvalue weighted by Gasteiger charge is 2.72. The summed E-state index contributed by atoms with van der Waals surface area (Å²) < 4.78 is 60.2. The van der Waals surface area contributed by atoms with Gasteiger partial charge < -0.3 is 25.1 Å². The quantitative estimate of drug-likeness (QED) is 0.102. The maximum Gasteiger partial charge on any atom is 0.323 e. The lowest BCUT2D eigenvalue weighted by Gasteiger charge is -2.71. The molecule has 1 aliphatic heterocycles. The van der Waals surface area contributed by atoms with Gasteiger partial charge in [-0.15, -0.1) is 0 Å². The van der Waals surface area contributed by atoms with Gasteiger partial charge in [0.25, 0.3) is 0 Å². The SMILES string of the molecule is CC(=O)O[C@@H]1C[C@]23COC[C@](C)([C@@H]2CC[C@H]2C3=CC[C@@]3(C)[C@H](C(=O)O)[C@@](C)([C@H](C)C(C)C)CC[C@]23C)[C@H]1OC(=O)C(N)CCCCNS(=O)(=O)c1ccc(F)c(Cl)c1. The zero-order valence-electron chi connectivity index (χ0n) is 35.4. The van der Waals surface area contributed by atoms with Crippen molar-refractivity contribution in [1.82, 2.24) is 4.72 Å². The molecule has 4 N–H and O–H groups in total. The molecule has 11 nitrogen and oxygen atoms in total. The van der Waals surface area contributed by atoms with Crippen molar-refractivity contribution in [3.8, 4) is 0 Å². The number of fused-ring (bicyclic) bond motifs is 3. The highest BCUT2D eigenvalue weighted by molar-refractivity contribution is 7.89. The van der Waals surface area contributed by atoms with Crippen molar-refractivity contribution in [3.05, 3.63) is 40.7 Å². The number of ether oxygens (including phenoxy) is 3. The molecule has 4 fully saturated rings. The van der Waals surface area contributed by atoms with Crippen LogP contribution in [0.3, 0.4) is 0 Å². The van der Waals surface area contributed by atoms with Crippen LogP contribution in [-0.4, -0.2) is 69.4 Å². The van der Waals surface area contributed by atoms with E-state index in [1.165, 1.54) is 12.5 Å². The molecule has 58 heavy (non-hydrogen) atoms. The molecule has 0 aromatic heterocycles. The van der Waals surface area contributed by atoms with Gasteiger partial charge in [-0.1, -0.05) is 78.1 Å². The van der Waals surface area contributed by atoms with Gasteiger partial charge in [-0.3, -0.25) is 14.4 Å². The number of esters is 2. The molecule has 1 unspecified atom stereocenters. The Hall–Kier alpha value is -2.58. The zero-order valence-corrected chi connectivity index (χ0v) is 36.9. The molecule has 0 amide bonds. The number of rotatable bonds is 13. The fraction of sp³-hybridized carbons (Fsp3) is 0.750. The third-order valence-electron chi connectivity index (χ3n) is 16.4. The number of allylic oxidation sites excluding steroid dienone is 1. The Balaban J connectivity index is 1.20. The normalized spacial score (nSPS) is 38.0. The Labute approximate surface area is 348 Å². The number of nitrogens with one attached hydrogen (secondary N) is 1. The summed E-state index contributed by atoms with van der Waals surface area (Å²) in [7, 11) is -3.92. The highest BCUT2D eigenvalue weighted by Crippen LogP contribution is 2.75. The summed E-state index contributed by atoms with van der Waals surface area (Å²) in [4.78, 5) is 39.7. The molecule has 324 valence electrons. The number of unbranched alkanes of at least 4 members (excludes halogenated alkanes) is 1. The number of benzene rings is 1. The number of carbonyl (C=O) groups excluding carboxylic acids is 2. The average molecular weight is 852 g/mol. The van der Waals surface area contributed by atoms with Crippen LogP contribution in [0.25, 0.3) is 0 Å². The van der Waals surface area contributed by atoms with E-state index in [-0.39, 0.29) is 51.5 Å². The molecule has 6 rings (SSSR count). The number of nitrogens with two attached hydrogens (primary N) is 1. The van der Waals surface area contributed by atoms with Crippen LogP contribution in [0, 0.1) is 62.5 Å². The molecule has 0 radical (unpaired) electrons. The van der Waals surface area contributed by atoms with Crippen LogP contribution in [-0.2, 0) is 38.6 Å². The minimum absolute atomic E-state index is 0.0548. The molecule has 1 aromatic rings. The first-order valence-electron chi connectivity index (χ1n) is 21.1. The summed E-state index contributed by atoms with van der Waals surface area (Å²) in [5.74, 6) is -2.29. The molecule has 5 aliphatic rings. The van der Waals surface area contributed by atoms with Gasteiger partial charge in [0.2, 0.25) is 10.0 Å². The first-order chi connectivity index (χ1) is 27.0. The standard InChI is InChI=1S/C44H64ClFN2O9S/c1-25(2)26(3)40(5)18-19-42(7)29-13-15-35-41(6)23-55-24-44(35,30(29)16-17-43(42,8)36(40)38(50)51)22-34(56-27(4)49)37(41)57-39(52)33(47)11-9-10-20-48-58(53,54)28-12-14-32(46)31(45)21-28/h12,14,16,21,25-26,29,33-37,48H,9-11,13,15,17-20,22-24,47H2,1-8H3,(H,50,51)/t26-,29+,33?,34-,35+,36-,37+,40-,41-,42-,43+,44-/m1/s1. The summed E-state index contributed by atoms with van der Waals surface area (Å²) in [5.41, 5.74) is 5.36. The molecule has 2 bridgehead atoms. The molecule has 12 atom stereocenters. The van der Waals surface area contributed by atoms with Crippen molar-refractivity contribution >= 4 is 39.5 Å². The third kappa shape index (κ3) is 7.34.